The summed E-state index contributed by atoms with van der Waals surface area (Å²) in [4.78, 5) is 25.4. The molecule has 0 amide bonds. The van der Waals surface area contributed by atoms with Crippen LogP contribution < -0.4 is 9.47 Å². The molecule has 0 heterocycles. The molecular formula is C26H24O5. The highest BCUT2D eigenvalue weighted by Crippen LogP contribution is 2.41. The Labute approximate surface area is 181 Å². The first kappa shape index (κ1) is 20.7. The van der Waals surface area contributed by atoms with Crippen molar-refractivity contribution in [3.63, 3.8) is 0 Å². The number of fused-ring (bicyclic) bond motifs is 1. The number of carboxylic acid groups (broad SMARTS) is 1. The van der Waals surface area contributed by atoms with Crippen molar-refractivity contribution < 1.29 is 24.2 Å². The number of carbonyl (C=O) groups is 2. The van der Waals surface area contributed by atoms with Gasteiger partial charge in [-0.1, -0.05) is 36.4 Å². The molecule has 3 aromatic rings. The Morgan fingerprint density at radius 2 is 1.65 bits per heavy atom. The maximum absolute atomic E-state index is 13.2. The maximum Gasteiger partial charge on any atom is 0.310 e. The van der Waals surface area contributed by atoms with Gasteiger partial charge in [0.25, 0.3) is 0 Å². The maximum atomic E-state index is 13.2. The SMILES string of the molecule is COc1ccc(C(=O)CC2(C(=O)O)Cc3ccccc3C2)cc1Oc1cccc(C)c1. The first-order chi connectivity index (χ1) is 14.9. The molecule has 0 aliphatic heterocycles. The molecule has 0 atom stereocenters. The van der Waals surface area contributed by atoms with Crippen LogP contribution in [0.3, 0.4) is 0 Å². The zero-order chi connectivity index (χ0) is 22.0. The van der Waals surface area contributed by atoms with E-state index in [9.17, 15) is 14.7 Å². The highest BCUT2D eigenvalue weighted by molar-refractivity contribution is 5.99. The van der Waals surface area contributed by atoms with Crippen LogP contribution in [0.2, 0.25) is 0 Å². The van der Waals surface area contributed by atoms with Crippen LogP contribution in [0.25, 0.3) is 0 Å². The van der Waals surface area contributed by atoms with Crippen molar-refractivity contribution >= 4 is 11.8 Å². The number of rotatable bonds is 7. The van der Waals surface area contributed by atoms with Crippen LogP contribution >= 0.6 is 0 Å². The molecule has 5 heteroatoms. The van der Waals surface area contributed by atoms with Gasteiger partial charge in [-0.15, -0.1) is 0 Å². The summed E-state index contributed by atoms with van der Waals surface area (Å²) in [6, 6.07) is 20.2. The molecule has 0 bridgehead atoms. The molecule has 1 aliphatic carbocycles. The van der Waals surface area contributed by atoms with E-state index in [4.69, 9.17) is 9.47 Å². The molecule has 3 aromatic carbocycles. The van der Waals surface area contributed by atoms with Crippen molar-refractivity contribution in [2.45, 2.75) is 26.2 Å². The van der Waals surface area contributed by atoms with Crippen LogP contribution in [-0.2, 0) is 17.6 Å². The van der Waals surface area contributed by atoms with E-state index in [2.05, 4.69) is 0 Å². The number of Topliss-reactive ketones (excluding diaryl/α,β-unsaturated/α-hetero) is 1. The summed E-state index contributed by atoms with van der Waals surface area (Å²) < 4.78 is 11.4. The van der Waals surface area contributed by atoms with Crippen LogP contribution in [0, 0.1) is 12.3 Å². The smallest absolute Gasteiger partial charge is 0.310 e. The lowest BCUT2D eigenvalue weighted by atomic mass is 9.79. The van der Waals surface area contributed by atoms with Gasteiger partial charge in [0.2, 0.25) is 0 Å². The summed E-state index contributed by atoms with van der Waals surface area (Å²) in [7, 11) is 1.54. The van der Waals surface area contributed by atoms with Gasteiger partial charge >= 0.3 is 5.97 Å². The van der Waals surface area contributed by atoms with Gasteiger partial charge in [-0.2, -0.15) is 0 Å². The summed E-state index contributed by atoms with van der Waals surface area (Å²) in [5.41, 5.74) is 2.32. The number of ketones is 1. The van der Waals surface area contributed by atoms with Crippen molar-refractivity contribution in [2.75, 3.05) is 7.11 Å². The van der Waals surface area contributed by atoms with Crippen LogP contribution in [0.4, 0.5) is 0 Å². The minimum absolute atomic E-state index is 0.0762. The Balaban J connectivity index is 1.60. The summed E-state index contributed by atoms with van der Waals surface area (Å²) in [6.07, 6.45) is 0.632. The summed E-state index contributed by atoms with van der Waals surface area (Å²) >= 11 is 0. The van der Waals surface area contributed by atoms with E-state index in [-0.39, 0.29) is 12.2 Å². The van der Waals surface area contributed by atoms with Gasteiger partial charge in [0.05, 0.1) is 12.5 Å². The van der Waals surface area contributed by atoms with Gasteiger partial charge < -0.3 is 14.6 Å². The molecule has 4 rings (SSSR count). The summed E-state index contributed by atoms with van der Waals surface area (Å²) in [6.45, 7) is 1.97. The number of hydrogen-bond donors (Lipinski definition) is 1. The van der Waals surface area contributed by atoms with Crippen molar-refractivity contribution in [1.29, 1.82) is 0 Å². The molecule has 0 radical (unpaired) electrons. The van der Waals surface area contributed by atoms with Crippen molar-refractivity contribution in [1.82, 2.24) is 0 Å². The van der Waals surface area contributed by atoms with E-state index in [0.717, 1.165) is 16.7 Å². The molecule has 0 saturated carbocycles. The second kappa shape index (κ2) is 8.26. The minimum Gasteiger partial charge on any atom is -0.493 e. The van der Waals surface area contributed by atoms with E-state index in [1.165, 1.54) is 7.11 Å². The van der Waals surface area contributed by atoms with Crippen LogP contribution in [0.5, 0.6) is 17.2 Å². The molecular weight excluding hydrogens is 392 g/mol. The number of aryl methyl sites for hydroxylation is 1. The number of aliphatic carboxylic acids is 1. The third kappa shape index (κ3) is 4.17. The quantitative estimate of drug-likeness (QED) is 0.533. The number of hydrogen-bond acceptors (Lipinski definition) is 4. The van der Waals surface area contributed by atoms with Crippen LogP contribution in [0.15, 0.2) is 66.7 Å². The minimum atomic E-state index is -1.13. The molecule has 0 saturated heterocycles. The molecule has 0 spiro atoms. The van der Waals surface area contributed by atoms with Crippen molar-refractivity contribution in [3.05, 3.63) is 89.0 Å². The van der Waals surface area contributed by atoms with Gasteiger partial charge in [0.1, 0.15) is 5.75 Å². The lowest BCUT2D eigenvalue weighted by Gasteiger charge is -2.23. The van der Waals surface area contributed by atoms with E-state index in [1.807, 2.05) is 55.5 Å². The van der Waals surface area contributed by atoms with Crippen LogP contribution in [0.1, 0.15) is 33.5 Å². The second-order valence-corrected chi connectivity index (χ2v) is 8.09. The van der Waals surface area contributed by atoms with Gasteiger partial charge in [-0.05, 0) is 66.8 Å². The zero-order valence-electron chi connectivity index (χ0n) is 17.6. The summed E-state index contributed by atoms with van der Waals surface area (Å²) in [5.74, 6) is 0.377. The average Bonchev–Trinajstić information content (AvgIpc) is 3.13. The Morgan fingerprint density at radius 3 is 2.26 bits per heavy atom. The van der Waals surface area contributed by atoms with Gasteiger partial charge in [-0.25, -0.2) is 0 Å². The largest absolute Gasteiger partial charge is 0.493 e. The lowest BCUT2D eigenvalue weighted by Crippen LogP contribution is -2.34. The Morgan fingerprint density at radius 1 is 0.935 bits per heavy atom. The molecule has 0 fully saturated rings. The Hall–Kier alpha value is -3.60. The van der Waals surface area contributed by atoms with E-state index in [1.54, 1.807) is 18.2 Å². The van der Waals surface area contributed by atoms with Gasteiger partial charge in [-0.3, -0.25) is 9.59 Å². The zero-order valence-corrected chi connectivity index (χ0v) is 17.6. The van der Waals surface area contributed by atoms with E-state index in [0.29, 0.717) is 35.7 Å². The number of carbonyl (C=O) groups excluding carboxylic acids is 1. The predicted molar refractivity (Wildman–Crippen MR) is 117 cm³/mol. The first-order valence-corrected chi connectivity index (χ1v) is 10.2. The number of benzene rings is 3. The normalized spacial score (nSPS) is 14.0. The molecule has 31 heavy (non-hydrogen) atoms. The second-order valence-electron chi connectivity index (χ2n) is 8.09. The fourth-order valence-electron chi connectivity index (χ4n) is 4.19. The third-order valence-corrected chi connectivity index (χ3v) is 5.83. The van der Waals surface area contributed by atoms with Crippen LogP contribution in [-0.4, -0.2) is 24.0 Å². The summed E-state index contributed by atoms with van der Waals surface area (Å²) in [5, 5.41) is 9.99. The van der Waals surface area contributed by atoms with E-state index < -0.39 is 11.4 Å². The molecule has 0 unspecified atom stereocenters. The average molecular weight is 416 g/mol. The highest BCUT2D eigenvalue weighted by Gasteiger charge is 2.45. The monoisotopic (exact) mass is 416 g/mol. The van der Waals surface area contributed by atoms with Gasteiger partial charge in [0.15, 0.2) is 17.3 Å². The number of carboxylic acids is 1. The van der Waals surface area contributed by atoms with E-state index >= 15 is 0 Å². The molecule has 0 aromatic heterocycles. The first-order valence-electron chi connectivity index (χ1n) is 10.2. The lowest BCUT2D eigenvalue weighted by molar-refractivity contribution is -0.148. The van der Waals surface area contributed by atoms with Gasteiger partial charge in [0, 0.05) is 12.0 Å². The standard InChI is InChI=1S/C26H24O5/c1-17-6-5-9-21(12-17)31-24-13-18(10-11-23(24)30-2)22(27)16-26(25(28)29)14-19-7-3-4-8-20(19)15-26/h3-13H,14-16H2,1-2H3,(H,28,29). The third-order valence-electron chi connectivity index (χ3n) is 5.83. The number of methoxy groups -OCH3 is 1. The Kier molecular flexibility index (Phi) is 5.51. The number of ether oxygens (including phenoxy) is 2. The van der Waals surface area contributed by atoms with Crippen molar-refractivity contribution in [2.24, 2.45) is 5.41 Å². The Bertz CT molecular complexity index is 1120. The predicted octanol–water partition coefficient (Wildman–Crippen LogP) is 5.24. The fraction of sp³-hybridized carbons (Fsp3) is 0.231. The molecule has 1 aliphatic rings. The molecule has 158 valence electrons. The van der Waals surface area contributed by atoms with Crippen molar-refractivity contribution in [3.8, 4) is 17.2 Å². The molecule has 1 N–H and O–H groups in total. The highest BCUT2D eigenvalue weighted by atomic mass is 16.5. The fourth-order valence-corrected chi connectivity index (χ4v) is 4.19. The topological polar surface area (TPSA) is 72.8 Å². The molecule has 5 nitrogen and oxygen atoms in total.